The SMILES string of the molecule is Cc1ncsc1C(N)Cc1ccsc1. The maximum absolute atomic E-state index is 6.11. The molecule has 0 aromatic carbocycles. The van der Waals surface area contributed by atoms with Gasteiger partial charge in [0.2, 0.25) is 0 Å². The summed E-state index contributed by atoms with van der Waals surface area (Å²) in [5, 5.41) is 4.23. The molecule has 0 aliphatic carbocycles. The van der Waals surface area contributed by atoms with E-state index in [1.807, 2.05) is 12.4 Å². The maximum Gasteiger partial charge on any atom is 0.0798 e. The van der Waals surface area contributed by atoms with Crippen LogP contribution in [0.1, 0.15) is 22.2 Å². The molecule has 14 heavy (non-hydrogen) atoms. The van der Waals surface area contributed by atoms with Crippen molar-refractivity contribution in [1.29, 1.82) is 0 Å². The van der Waals surface area contributed by atoms with Crippen LogP contribution in [0.2, 0.25) is 0 Å². The first-order valence-electron chi connectivity index (χ1n) is 4.44. The lowest BCUT2D eigenvalue weighted by atomic mass is 10.1. The molecule has 2 nitrogen and oxygen atoms in total. The summed E-state index contributed by atoms with van der Waals surface area (Å²) in [6.45, 7) is 2.01. The molecule has 0 fully saturated rings. The van der Waals surface area contributed by atoms with Gasteiger partial charge in [0, 0.05) is 10.9 Å². The van der Waals surface area contributed by atoms with Crippen molar-refractivity contribution in [3.63, 3.8) is 0 Å². The van der Waals surface area contributed by atoms with E-state index in [0.717, 1.165) is 12.1 Å². The fourth-order valence-electron chi connectivity index (χ4n) is 1.42. The molecule has 1 atom stereocenters. The minimum Gasteiger partial charge on any atom is -0.323 e. The van der Waals surface area contributed by atoms with Gasteiger partial charge in [-0.25, -0.2) is 4.98 Å². The van der Waals surface area contributed by atoms with E-state index in [2.05, 4.69) is 21.8 Å². The van der Waals surface area contributed by atoms with Crippen molar-refractivity contribution in [2.24, 2.45) is 5.73 Å². The second-order valence-corrected chi connectivity index (χ2v) is 4.91. The third-order valence-corrected chi connectivity index (χ3v) is 3.95. The van der Waals surface area contributed by atoms with Gasteiger partial charge in [0.1, 0.15) is 0 Å². The van der Waals surface area contributed by atoms with Crippen LogP contribution in [0.3, 0.4) is 0 Å². The first kappa shape index (κ1) is 9.83. The molecule has 2 aromatic heterocycles. The Morgan fingerprint density at radius 2 is 2.43 bits per heavy atom. The number of nitrogens with zero attached hydrogens (tertiary/aromatic N) is 1. The molecule has 0 saturated carbocycles. The molecule has 0 aliphatic heterocycles. The van der Waals surface area contributed by atoms with Gasteiger partial charge in [-0.1, -0.05) is 0 Å². The van der Waals surface area contributed by atoms with Gasteiger partial charge in [0.25, 0.3) is 0 Å². The van der Waals surface area contributed by atoms with E-state index in [9.17, 15) is 0 Å². The Bertz CT molecular complexity index is 392. The number of thiophene rings is 1. The molecule has 4 heteroatoms. The molecular formula is C10H12N2S2. The van der Waals surface area contributed by atoms with Crippen molar-refractivity contribution in [3.8, 4) is 0 Å². The van der Waals surface area contributed by atoms with Gasteiger partial charge in [-0.15, -0.1) is 11.3 Å². The molecule has 2 N–H and O–H groups in total. The Morgan fingerprint density at radius 1 is 1.57 bits per heavy atom. The Labute approximate surface area is 91.4 Å². The molecular weight excluding hydrogens is 212 g/mol. The molecule has 2 aromatic rings. The summed E-state index contributed by atoms with van der Waals surface area (Å²) in [7, 11) is 0. The van der Waals surface area contributed by atoms with E-state index in [1.165, 1.54) is 10.4 Å². The van der Waals surface area contributed by atoms with Gasteiger partial charge in [-0.2, -0.15) is 11.3 Å². The third-order valence-electron chi connectivity index (χ3n) is 2.16. The van der Waals surface area contributed by atoms with Gasteiger partial charge in [-0.05, 0) is 35.7 Å². The molecule has 0 bridgehead atoms. The van der Waals surface area contributed by atoms with Crippen LogP contribution in [-0.4, -0.2) is 4.98 Å². The summed E-state index contributed by atoms with van der Waals surface area (Å²) in [5.74, 6) is 0. The average Bonchev–Trinajstić information content (AvgIpc) is 2.75. The van der Waals surface area contributed by atoms with Crippen LogP contribution >= 0.6 is 22.7 Å². The van der Waals surface area contributed by atoms with Gasteiger partial charge in [0.15, 0.2) is 0 Å². The topological polar surface area (TPSA) is 38.9 Å². The Morgan fingerprint density at radius 3 is 3.00 bits per heavy atom. The van der Waals surface area contributed by atoms with Crippen molar-refractivity contribution >= 4 is 22.7 Å². The van der Waals surface area contributed by atoms with Gasteiger partial charge >= 0.3 is 0 Å². The third kappa shape index (κ3) is 2.03. The predicted octanol–water partition coefficient (Wildman–Crippen LogP) is 2.76. The van der Waals surface area contributed by atoms with Crippen molar-refractivity contribution in [2.75, 3.05) is 0 Å². The number of thiazole rings is 1. The molecule has 2 rings (SSSR count). The molecule has 0 spiro atoms. The zero-order valence-electron chi connectivity index (χ0n) is 7.93. The molecule has 0 amide bonds. The fourth-order valence-corrected chi connectivity index (χ4v) is 2.91. The van der Waals surface area contributed by atoms with Gasteiger partial charge in [0.05, 0.1) is 11.2 Å². The van der Waals surface area contributed by atoms with Gasteiger partial charge < -0.3 is 5.73 Å². The van der Waals surface area contributed by atoms with Crippen LogP contribution in [0.5, 0.6) is 0 Å². The largest absolute Gasteiger partial charge is 0.323 e. The average molecular weight is 224 g/mol. The summed E-state index contributed by atoms with van der Waals surface area (Å²) in [5.41, 5.74) is 10.3. The van der Waals surface area contributed by atoms with Crippen LogP contribution in [-0.2, 0) is 6.42 Å². The molecule has 0 aliphatic rings. The van der Waals surface area contributed by atoms with E-state index in [0.29, 0.717) is 0 Å². The normalized spacial score (nSPS) is 13.0. The van der Waals surface area contributed by atoms with Crippen LogP contribution in [0.4, 0.5) is 0 Å². The maximum atomic E-state index is 6.11. The lowest BCUT2D eigenvalue weighted by molar-refractivity contribution is 0.730. The smallest absolute Gasteiger partial charge is 0.0798 e. The minimum atomic E-state index is 0.0945. The molecule has 74 valence electrons. The monoisotopic (exact) mass is 224 g/mol. The number of nitrogens with two attached hydrogens (primary N) is 1. The minimum absolute atomic E-state index is 0.0945. The fraction of sp³-hybridized carbons (Fsp3) is 0.300. The quantitative estimate of drug-likeness (QED) is 0.870. The zero-order valence-corrected chi connectivity index (χ0v) is 9.57. The van der Waals surface area contributed by atoms with E-state index >= 15 is 0 Å². The second kappa shape index (κ2) is 4.21. The number of hydrogen-bond acceptors (Lipinski definition) is 4. The van der Waals surface area contributed by atoms with E-state index < -0.39 is 0 Å². The highest BCUT2D eigenvalue weighted by molar-refractivity contribution is 7.09. The lowest BCUT2D eigenvalue weighted by Gasteiger charge is -2.08. The first-order chi connectivity index (χ1) is 6.77. The zero-order chi connectivity index (χ0) is 9.97. The number of rotatable bonds is 3. The Kier molecular flexibility index (Phi) is 2.96. The standard InChI is InChI=1S/C10H12N2S2/c1-7-10(14-6-12-7)9(11)4-8-2-3-13-5-8/h2-3,5-6,9H,4,11H2,1H3. The summed E-state index contributed by atoms with van der Waals surface area (Å²) < 4.78 is 0. The predicted molar refractivity (Wildman–Crippen MR) is 61.8 cm³/mol. The molecule has 0 radical (unpaired) electrons. The van der Waals surface area contributed by atoms with Gasteiger partial charge in [-0.3, -0.25) is 0 Å². The molecule has 0 saturated heterocycles. The molecule has 2 heterocycles. The highest BCUT2D eigenvalue weighted by Crippen LogP contribution is 2.23. The summed E-state index contributed by atoms with van der Waals surface area (Å²) in [6.07, 6.45) is 0.909. The van der Waals surface area contributed by atoms with Crippen LogP contribution in [0.25, 0.3) is 0 Å². The van der Waals surface area contributed by atoms with E-state index in [-0.39, 0.29) is 6.04 Å². The van der Waals surface area contributed by atoms with Crippen LogP contribution < -0.4 is 5.73 Å². The summed E-state index contributed by atoms with van der Waals surface area (Å²) in [6, 6.07) is 2.22. The lowest BCUT2D eigenvalue weighted by Crippen LogP contribution is -2.12. The second-order valence-electron chi connectivity index (χ2n) is 3.24. The Balaban J connectivity index is 2.10. The van der Waals surface area contributed by atoms with E-state index in [4.69, 9.17) is 5.73 Å². The highest BCUT2D eigenvalue weighted by Gasteiger charge is 2.12. The summed E-state index contributed by atoms with van der Waals surface area (Å²) >= 11 is 3.36. The van der Waals surface area contributed by atoms with Crippen LogP contribution in [0.15, 0.2) is 22.3 Å². The van der Waals surface area contributed by atoms with Crippen molar-refractivity contribution < 1.29 is 0 Å². The summed E-state index contributed by atoms with van der Waals surface area (Å²) in [4.78, 5) is 5.41. The number of hydrogen-bond donors (Lipinski definition) is 1. The highest BCUT2D eigenvalue weighted by atomic mass is 32.1. The Hall–Kier alpha value is -0.710. The van der Waals surface area contributed by atoms with Crippen molar-refractivity contribution in [1.82, 2.24) is 4.98 Å². The van der Waals surface area contributed by atoms with Crippen molar-refractivity contribution in [3.05, 3.63) is 38.5 Å². The number of aryl methyl sites for hydroxylation is 1. The number of aromatic nitrogens is 1. The molecule has 1 unspecified atom stereocenters. The van der Waals surface area contributed by atoms with Crippen molar-refractivity contribution in [2.45, 2.75) is 19.4 Å². The van der Waals surface area contributed by atoms with Crippen LogP contribution in [0, 0.1) is 6.92 Å². The van der Waals surface area contributed by atoms with E-state index in [1.54, 1.807) is 22.7 Å². The first-order valence-corrected chi connectivity index (χ1v) is 6.26.